The molecule has 1 saturated heterocycles. The molecule has 0 unspecified atom stereocenters. The number of rotatable bonds is 6. The minimum absolute atomic E-state index is 0. The minimum Gasteiger partial charge on any atom is -0.486 e. The number of nitrogens with zero attached hydrogens (tertiary/aromatic N) is 2. The molecule has 1 aromatic carbocycles. The van der Waals surface area contributed by atoms with E-state index in [2.05, 4.69) is 48.2 Å². The molecule has 1 N–H and O–H groups in total. The Balaban J connectivity index is 0.00000300. The molecule has 2 aliphatic heterocycles. The summed E-state index contributed by atoms with van der Waals surface area (Å²) < 4.78 is 16.8. The summed E-state index contributed by atoms with van der Waals surface area (Å²) in [5, 5.41) is 3.55. The summed E-state index contributed by atoms with van der Waals surface area (Å²) in [6.45, 7) is 9.32. The normalized spacial score (nSPS) is 17.4. The molecule has 0 amide bonds. The van der Waals surface area contributed by atoms with Gasteiger partial charge in [-0.2, -0.15) is 0 Å². The highest BCUT2D eigenvalue weighted by Gasteiger charge is 2.24. The molecular formula is C22H36IN3O3. The molecule has 1 aromatic rings. The van der Waals surface area contributed by atoms with Crippen LogP contribution in [0.25, 0.3) is 0 Å². The molecule has 0 aromatic heterocycles. The lowest BCUT2D eigenvalue weighted by molar-refractivity contribution is 0.0625. The van der Waals surface area contributed by atoms with Crippen LogP contribution in [0.3, 0.4) is 0 Å². The SMILES string of the molecule is CN=C(NCC(C)(C)c1ccc2c(c1)OCCO2)N(C)CCC1CCOCC1.I. The quantitative estimate of drug-likeness (QED) is 0.355. The standard InChI is InChI=1S/C22H35N3O3.HI/c1-22(2,18-5-6-19-20(15-18)28-14-13-27-19)16-24-21(23-3)25(4)10-7-17-8-11-26-12-9-17;/h5-6,15,17H,7-14,16H2,1-4H3,(H,23,24);1H. The van der Waals surface area contributed by atoms with Crippen LogP contribution in [-0.4, -0.2) is 64.5 Å². The zero-order valence-corrected chi connectivity index (χ0v) is 20.5. The maximum absolute atomic E-state index is 5.75. The van der Waals surface area contributed by atoms with Crippen molar-refractivity contribution in [1.29, 1.82) is 0 Å². The summed E-state index contributed by atoms with van der Waals surface area (Å²) in [7, 11) is 3.97. The van der Waals surface area contributed by atoms with Gasteiger partial charge in [0.2, 0.25) is 0 Å². The Bertz CT molecular complexity index is 675. The van der Waals surface area contributed by atoms with Crippen molar-refractivity contribution in [1.82, 2.24) is 10.2 Å². The molecule has 29 heavy (non-hydrogen) atoms. The molecule has 3 rings (SSSR count). The van der Waals surface area contributed by atoms with Crippen LogP contribution >= 0.6 is 24.0 Å². The van der Waals surface area contributed by atoms with E-state index >= 15 is 0 Å². The Morgan fingerprint density at radius 3 is 2.52 bits per heavy atom. The lowest BCUT2D eigenvalue weighted by atomic mass is 9.84. The largest absolute Gasteiger partial charge is 0.486 e. The second-order valence-corrected chi connectivity index (χ2v) is 8.41. The number of aliphatic imine (C=N–C) groups is 1. The minimum atomic E-state index is -0.0622. The maximum atomic E-state index is 5.75. The second-order valence-electron chi connectivity index (χ2n) is 8.41. The van der Waals surface area contributed by atoms with E-state index in [0.717, 1.165) is 49.7 Å². The van der Waals surface area contributed by atoms with Crippen LogP contribution in [0.2, 0.25) is 0 Å². The van der Waals surface area contributed by atoms with Crippen molar-refractivity contribution in [2.24, 2.45) is 10.9 Å². The predicted molar refractivity (Wildman–Crippen MR) is 128 cm³/mol. The number of benzene rings is 1. The number of fused-ring (bicyclic) bond motifs is 1. The summed E-state index contributed by atoms with van der Waals surface area (Å²) in [6.07, 6.45) is 3.54. The van der Waals surface area contributed by atoms with Crippen molar-refractivity contribution in [3.05, 3.63) is 23.8 Å². The van der Waals surface area contributed by atoms with Gasteiger partial charge in [-0.15, -0.1) is 24.0 Å². The molecule has 6 nitrogen and oxygen atoms in total. The molecule has 0 bridgehead atoms. The fourth-order valence-corrected chi connectivity index (χ4v) is 3.77. The topological polar surface area (TPSA) is 55.3 Å². The number of halogens is 1. The molecule has 164 valence electrons. The summed E-state index contributed by atoms with van der Waals surface area (Å²) >= 11 is 0. The van der Waals surface area contributed by atoms with E-state index in [4.69, 9.17) is 14.2 Å². The molecule has 0 radical (unpaired) electrons. The van der Waals surface area contributed by atoms with Gasteiger partial charge in [-0.05, 0) is 42.9 Å². The average molecular weight is 517 g/mol. The van der Waals surface area contributed by atoms with Crippen LogP contribution in [0.1, 0.15) is 38.7 Å². The van der Waals surface area contributed by atoms with Crippen molar-refractivity contribution >= 4 is 29.9 Å². The van der Waals surface area contributed by atoms with Gasteiger partial charge in [0.25, 0.3) is 0 Å². The van der Waals surface area contributed by atoms with Crippen molar-refractivity contribution < 1.29 is 14.2 Å². The van der Waals surface area contributed by atoms with E-state index in [1.54, 1.807) is 0 Å². The Morgan fingerprint density at radius 2 is 1.83 bits per heavy atom. The molecule has 0 saturated carbocycles. The highest BCUT2D eigenvalue weighted by atomic mass is 127. The number of hydrogen-bond donors (Lipinski definition) is 1. The fraction of sp³-hybridized carbons (Fsp3) is 0.682. The van der Waals surface area contributed by atoms with E-state index in [1.807, 2.05) is 13.1 Å². The molecular weight excluding hydrogens is 481 g/mol. The van der Waals surface area contributed by atoms with Crippen molar-refractivity contribution in [2.45, 2.75) is 38.5 Å². The molecule has 0 aliphatic carbocycles. The van der Waals surface area contributed by atoms with Gasteiger partial charge in [-0.25, -0.2) is 0 Å². The fourth-order valence-electron chi connectivity index (χ4n) is 3.77. The Hall–Kier alpha value is -1.22. The van der Waals surface area contributed by atoms with Crippen LogP contribution in [0.15, 0.2) is 23.2 Å². The van der Waals surface area contributed by atoms with Gasteiger partial charge >= 0.3 is 0 Å². The van der Waals surface area contributed by atoms with Gasteiger partial charge in [-0.1, -0.05) is 19.9 Å². The molecule has 2 heterocycles. The predicted octanol–water partition coefficient (Wildman–Crippen LogP) is 3.68. The first-order chi connectivity index (χ1) is 13.5. The second kappa shape index (κ2) is 11.2. The molecule has 0 atom stereocenters. The smallest absolute Gasteiger partial charge is 0.193 e. The summed E-state index contributed by atoms with van der Waals surface area (Å²) in [5.41, 5.74) is 1.16. The van der Waals surface area contributed by atoms with Gasteiger partial charge in [-0.3, -0.25) is 4.99 Å². The first-order valence-electron chi connectivity index (χ1n) is 10.4. The van der Waals surface area contributed by atoms with Gasteiger partial charge in [0.15, 0.2) is 17.5 Å². The van der Waals surface area contributed by atoms with Crippen molar-refractivity contribution in [3.8, 4) is 11.5 Å². The first kappa shape index (κ1) is 24.1. The summed E-state index contributed by atoms with van der Waals surface area (Å²) in [6, 6.07) is 6.25. The number of hydrogen-bond acceptors (Lipinski definition) is 4. The van der Waals surface area contributed by atoms with Crippen LogP contribution in [0, 0.1) is 5.92 Å². The average Bonchev–Trinajstić information content (AvgIpc) is 2.73. The Kier molecular flexibility index (Phi) is 9.33. The first-order valence-corrected chi connectivity index (χ1v) is 10.4. The van der Waals surface area contributed by atoms with Crippen LogP contribution in [-0.2, 0) is 10.2 Å². The van der Waals surface area contributed by atoms with Crippen molar-refractivity contribution in [2.75, 3.05) is 53.6 Å². The van der Waals surface area contributed by atoms with Gasteiger partial charge in [0.1, 0.15) is 13.2 Å². The third-order valence-electron chi connectivity index (χ3n) is 5.80. The molecule has 0 spiro atoms. The maximum Gasteiger partial charge on any atom is 0.193 e. The van der Waals surface area contributed by atoms with Crippen molar-refractivity contribution in [3.63, 3.8) is 0 Å². The summed E-state index contributed by atoms with van der Waals surface area (Å²) in [4.78, 5) is 6.71. The summed E-state index contributed by atoms with van der Waals surface area (Å²) in [5.74, 6) is 3.39. The van der Waals surface area contributed by atoms with E-state index in [-0.39, 0.29) is 29.4 Å². The van der Waals surface area contributed by atoms with E-state index in [0.29, 0.717) is 13.2 Å². The van der Waals surface area contributed by atoms with Crippen LogP contribution < -0.4 is 14.8 Å². The van der Waals surface area contributed by atoms with Gasteiger partial charge in [0, 0.05) is 45.8 Å². The Labute approximate surface area is 192 Å². The number of ether oxygens (including phenoxy) is 3. The third kappa shape index (κ3) is 6.64. The zero-order valence-electron chi connectivity index (χ0n) is 18.2. The monoisotopic (exact) mass is 517 g/mol. The van der Waals surface area contributed by atoms with Crippen LogP contribution in [0.4, 0.5) is 0 Å². The van der Waals surface area contributed by atoms with Gasteiger partial charge < -0.3 is 24.4 Å². The molecule has 2 aliphatic rings. The van der Waals surface area contributed by atoms with E-state index in [1.165, 1.54) is 24.8 Å². The number of nitrogens with one attached hydrogen (secondary N) is 1. The Morgan fingerprint density at radius 1 is 1.14 bits per heavy atom. The van der Waals surface area contributed by atoms with E-state index < -0.39 is 0 Å². The lowest BCUT2D eigenvalue weighted by Crippen LogP contribution is -2.45. The lowest BCUT2D eigenvalue weighted by Gasteiger charge is -2.31. The molecule has 1 fully saturated rings. The zero-order chi connectivity index (χ0) is 20.0. The van der Waals surface area contributed by atoms with E-state index in [9.17, 15) is 0 Å². The highest BCUT2D eigenvalue weighted by molar-refractivity contribution is 14.0. The number of guanidine groups is 1. The third-order valence-corrected chi connectivity index (χ3v) is 5.80. The van der Waals surface area contributed by atoms with Gasteiger partial charge in [0.05, 0.1) is 0 Å². The van der Waals surface area contributed by atoms with Crippen LogP contribution in [0.5, 0.6) is 11.5 Å². The molecule has 7 heteroatoms. The highest BCUT2D eigenvalue weighted by Crippen LogP contribution is 2.34.